The quantitative estimate of drug-likeness (QED) is 0.713. The van der Waals surface area contributed by atoms with Crippen molar-refractivity contribution in [2.24, 2.45) is 0 Å². The van der Waals surface area contributed by atoms with Crippen molar-refractivity contribution in [1.29, 1.82) is 0 Å². The number of thiazole rings is 1. The van der Waals surface area contributed by atoms with Crippen molar-refractivity contribution in [2.75, 3.05) is 6.61 Å². The monoisotopic (exact) mass is 207 g/mol. The first-order valence-electron chi connectivity index (χ1n) is 3.56. The third kappa shape index (κ3) is 2.45. The average Bonchev–Trinajstić information content (AvgIpc) is 2.52. The van der Waals surface area contributed by atoms with Crippen molar-refractivity contribution in [2.45, 2.75) is 13.3 Å². The number of halogens is 2. The van der Waals surface area contributed by atoms with Crippen LogP contribution >= 0.6 is 11.3 Å². The number of hydrogen-bond acceptors (Lipinski definition) is 4. The summed E-state index contributed by atoms with van der Waals surface area (Å²) >= 11 is 0.653. The van der Waals surface area contributed by atoms with Crippen molar-refractivity contribution in [3.63, 3.8) is 0 Å². The number of alkyl halides is 2. The Hall–Kier alpha value is -1.04. The smallest absolute Gasteiger partial charge is 0.367 e. The maximum Gasteiger partial charge on any atom is 0.367 e. The number of ether oxygens (including phenoxy) is 1. The van der Waals surface area contributed by atoms with Gasteiger partial charge in [-0.1, -0.05) is 0 Å². The van der Waals surface area contributed by atoms with Gasteiger partial charge in [-0.05, 0) is 6.92 Å². The van der Waals surface area contributed by atoms with Crippen molar-refractivity contribution in [3.05, 3.63) is 16.1 Å². The van der Waals surface area contributed by atoms with Crippen LogP contribution in [0.3, 0.4) is 0 Å². The lowest BCUT2D eigenvalue weighted by atomic mass is 10.6. The van der Waals surface area contributed by atoms with E-state index in [9.17, 15) is 13.6 Å². The standard InChI is InChI=1S/C7H7F2NO2S/c1-2-12-7(11)6-10-3-4(13-6)5(8)9/h3,5H,2H2,1H3. The molecule has 6 heteroatoms. The minimum absolute atomic E-state index is 0.0304. The summed E-state index contributed by atoms with van der Waals surface area (Å²) in [4.78, 5) is 14.3. The second kappa shape index (κ2) is 4.27. The Morgan fingerprint density at radius 1 is 1.77 bits per heavy atom. The molecule has 0 N–H and O–H groups in total. The van der Waals surface area contributed by atoms with E-state index in [1.165, 1.54) is 0 Å². The summed E-state index contributed by atoms with van der Waals surface area (Å²) in [5.74, 6) is -0.653. The van der Waals surface area contributed by atoms with Gasteiger partial charge < -0.3 is 4.74 Å². The van der Waals surface area contributed by atoms with Crippen molar-refractivity contribution < 1.29 is 18.3 Å². The minimum atomic E-state index is -2.58. The molecule has 72 valence electrons. The van der Waals surface area contributed by atoms with Crippen LogP contribution in [0.15, 0.2) is 6.20 Å². The third-order valence-corrected chi connectivity index (χ3v) is 2.17. The average molecular weight is 207 g/mol. The third-order valence-electron chi connectivity index (χ3n) is 1.19. The van der Waals surface area contributed by atoms with Crippen LogP contribution in [0.25, 0.3) is 0 Å². The van der Waals surface area contributed by atoms with Crippen LogP contribution in [-0.2, 0) is 4.74 Å². The van der Waals surface area contributed by atoms with Gasteiger partial charge in [0.15, 0.2) is 0 Å². The molecule has 0 spiro atoms. The van der Waals surface area contributed by atoms with Gasteiger partial charge in [-0.15, -0.1) is 11.3 Å². The summed E-state index contributed by atoms with van der Waals surface area (Å²) in [6, 6.07) is 0. The molecule has 0 bridgehead atoms. The zero-order valence-corrected chi connectivity index (χ0v) is 7.61. The maximum atomic E-state index is 12.0. The molecular formula is C7H7F2NO2S. The lowest BCUT2D eigenvalue weighted by Gasteiger charge is -1.95. The van der Waals surface area contributed by atoms with E-state index in [2.05, 4.69) is 9.72 Å². The summed E-state index contributed by atoms with van der Waals surface area (Å²) in [5, 5.41) is -0.0304. The zero-order chi connectivity index (χ0) is 9.84. The molecule has 1 aromatic heterocycles. The van der Waals surface area contributed by atoms with Gasteiger partial charge in [0.2, 0.25) is 5.01 Å². The molecule has 0 radical (unpaired) electrons. The molecule has 0 atom stereocenters. The van der Waals surface area contributed by atoms with E-state index in [0.717, 1.165) is 6.20 Å². The van der Waals surface area contributed by atoms with Crippen LogP contribution in [0.1, 0.15) is 28.0 Å². The molecule has 0 aliphatic carbocycles. The van der Waals surface area contributed by atoms with Gasteiger partial charge in [-0.3, -0.25) is 0 Å². The molecule has 1 aromatic rings. The molecule has 0 fully saturated rings. The van der Waals surface area contributed by atoms with Crippen LogP contribution < -0.4 is 0 Å². The molecular weight excluding hydrogens is 200 g/mol. The van der Waals surface area contributed by atoms with Crippen molar-refractivity contribution >= 4 is 17.3 Å². The van der Waals surface area contributed by atoms with Gasteiger partial charge in [0.1, 0.15) is 0 Å². The predicted molar refractivity (Wildman–Crippen MR) is 43.0 cm³/mol. The number of nitrogens with zero attached hydrogens (tertiary/aromatic N) is 1. The summed E-state index contributed by atoms with van der Waals surface area (Å²) < 4.78 is 28.7. The number of esters is 1. The van der Waals surface area contributed by atoms with Gasteiger partial charge in [0.25, 0.3) is 6.43 Å². The van der Waals surface area contributed by atoms with Gasteiger partial charge in [0, 0.05) is 6.20 Å². The Balaban J connectivity index is 2.73. The molecule has 1 rings (SSSR count). The van der Waals surface area contributed by atoms with Crippen LogP contribution in [0, 0.1) is 0 Å². The second-order valence-electron chi connectivity index (χ2n) is 2.09. The van der Waals surface area contributed by atoms with Gasteiger partial charge in [-0.2, -0.15) is 0 Å². The molecule has 0 aliphatic heterocycles. The van der Waals surface area contributed by atoms with Crippen molar-refractivity contribution in [3.8, 4) is 0 Å². The fraction of sp³-hybridized carbons (Fsp3) is 0.429. The fourth-order valence-electron chi connectivity index (χ4n) is 0.675. The van der Waals surface area contributed by atoms with Crippen LogP contribution in [0.4, 0.5) is 8.78 Å². The Kier molecular flexibility index (Phi) is 3.30. The molecule has 0 saturated carbocycles. The highest BCUT2D eigenvalue weighted by Gasteiger charge is 2.16. The predicted octanol–water partition coefficient (Wildman–Crippen LogP) is 2.26. The number of rotatable bonds is 3. The normalized spacial score (nSPS) is 10.5. The van der Waals surface area contributed by atoms with E-state index in [-0.39, 0.29) is 16.5 Å². The summed E-state index contributed by atoms with van der Waals surface area (Å²) in [6.45, 7) is 1.85. The fourth-order valence-corrected chi connectivity index (χ4v) is 1.34. The Morgan fingerprint density at radius 3 is 2.92 bits per heavy atom. The molecule has 0 saturated heterocycles. The van der Waals surface area contributed by atoms with E-state index in [1.54, 1.807) is 6.92 Å². The Morgan fingerprint density at radius 2 is 2.46 bits per heavy atom. The van der Waals surface area contributed by atoms with Gasteiger partial charge in [-0.25, -0.2) is 18.6 Å². The summed E-state index contributed by atoms with van der Waals surface area (Å²) in [5.41, 5.74) is 0. The highest BCUT2D eigenvalue weighted by molar-refractivity contribution is 7.13. The SMILES string of the molecule is CCOC(=O)c1ncc(C(F)F)s1. The van der Waals surface area contributed by atoms with Crippen molar-refractivity contribution in [1.82, 2.24) is 4.98 Å². The number of carbonyl (C=O) groups excluding carboxylic acids is 1. The molecule has 0 amide bonds. The largest absolute Gasteiger partial charge is 0.461 e. The minimum Gasteiger partial charge on any atom is -0.461 e. The highest BCUT2D eigenvalue weighted by atomic mass is 32.1. The molecule has 13 heavy (non-hydrogen) atoms. The molecule has 0 aromatic carbocycles. The van der Waals surface area contributed by atoms with E-state index in [4.69, 9.17) is 0 Å². The van der Waals surface area contributed by atoms with E-state index in [0.29, 0.717) is 11.3 Å². The topological polar surface area (TPSA) is 39.2 Å². The maximum absolute atomic E-state index is 12.0. The first-order valence-corrected chi connectivity index (χ1v) is 4.37. The highest BCUT2D eigenvalue weighted by Crippen LogP contribution is 2.25. The van der Waals surface area contributed by atoms with Crippen LogP contribution in [0.2, 0.25) is 0 Å². The molecule has 0 aliphatic rings. The zero-order valence-electron chi connectivity index (χ0n) is 6.79. The van der Waals surface area contributed by atoms with Crippen LogP contribution in [-0.4, -0.2) is 17.6 Å². The van der Waals surface area contributed by atoms with Crippen LogP contribution in [0.5, 0.6) is 0 Å². The summed E-state index contributed by atoms with van der Waals surface area (Å²) in [6.07, 6.45) is -1.60. The van der Waals surface area contributed by atoms with Gasteiger partial charge >= 0.3 is 5.97 Å². The lowest BCUT2D eigenvalue weighted by molar-refractivity contribution is 0.0526. The lowest BCUT2D eigenvalue weighted by Crippen LogP contribution is -2.03. The number of carbonyl (C=O) groups is 1. The number of aromatic nitrogens is 1. The first-order chi connectivity index (χ1) is 6.15. The second-order valence-corrected chi connectivity index (χ2v) is 3.15. The Labute approximate surface area is 77.4 Å². The van der Waals surface area contributed by atoms with E-state index in [1.807, 2.05) is 0 Å². The Bertz CT molecular complexity index is 300. The van der Waals surface area contributed by atoms with Gasteiger partial charge in [0.05, 0.1) is 11.5 Å². The molecule has 1 heterocycles. The molecule has 0 unspecified atom stereocenters. The van der Waals surface area contributed by atoms with E-state index >= 15 is 0 Å². The summed E-state index contributed by atoms with van der Waals surface area (Å²) in [7, 11) is 0. The number of hydrogen-bond donors (Lipinski definition) is 0. The molecule has 3 nitrogen and oxygen atoms in total. The first kappa shape index (κ1) is 10.0. The van der Waals surface area contributed by atoms with E-state index < -0.39 is 12.4 Å².